The fourth-order valence-corrected chi connectivity index (χ4v) is 2.81. The normalized spacial score (nSPS) is 23.2. The van der Waals surface area contributed by atoms with E-state index >= 15 is 0 Å². The molecule has 0 radical (unpaired) electrons. The zero-order valence-electron chi connectivity index (χ0n) is 11.4. The molecule has 1 heterocycles. The average Bonchev–Trinajstić information content (AvgIpc) is 2.72. The second kappa shape index (κ2) is 6.97. The van der Waals surface area contributed by atoms with Crippen LogP contribution in [-0.2, 0) is 4.79 Å². The maximum Gasteiger partial charge on any atom is 0.304 e. The first-order valence-electron chi connectivity index (χ1n) is 6.74. The molecule has 1 fully saturated rings. The summed E-state index contributed by atoms with van der Waals surface area (Å²) in [5, 5.41) is 8.89. The number of likely N-dealkylation sites (tertiary alicyclic amines) is 1. The van der Waals surface area contributed by atoms with Crippen LogP contribution in [0.5, 0.6) is 0 Å². The van der Waals surface area contributed by atoms with Crippen LogP contribution in [0.2, 0.25) is 0 Å². The summed E-state index contributed by atoms with van der Waals surface area (Å²) in [4.78, 5) is 15.5. The van der Waals surface area contributed by atoms with E-state index in [-0.39, 0.29) is 12.5 Å². The van der Waals surface area contributed by atoms with Gasteiger partial charge in [-0.25, -0.2) is 0 Å². The van der Waals surface area contributed by atoms with Crippen molar-refractivity contribution >= 4 is 5.97 Å². The van der Waals surface area contributed by atoms with Crippen molar-refractivity contribution in [2.24, 2.45) is 0 Å². The predicted molar refractivity (Wildman–Crippen MR) is 69.2 cm³/mol. The molecule has 1 saturated heterocycles. The summed E-state index contributed by atoms with van der Waals surface area (Å²) >= 11 is 0. The lowest BCUT2D eigenvalue weighted by Gasteiger charge is -2.32. The van der Waals surface area contributed by atoms with Crippen molar-refractivity contribution in [2.75, 3.05) is 26.7 Å². The first-order valence-corrected chi connectivity index (χ1v) is 6.74. The highest BCUT2D eigenvalue weighted by molar-refractivity contribution is 5.67. The monoisotopic (exact) mass is 242 g/mol. The first kappa shape index (κ1) is 14.5. The van der Waals surface area contributed by atoms with E-state index in [0.717, 1.165) is 19.5 Å². The highest BCUT2D eigenvalue weighted by Gasteiger charge is 2.26. The molecule has 0 aromatic carbocycles. The average molecular weight is 242 g/mol. The van der Waals surface area contributed by atoms with Gasteiger partial charge in [-0.05, 0) is 39.4 Å². The summed E-state index contributed by atoms with van der Waals surface area (Å²) < 4.78 is 0. The molecule has 2 unspecified atom stereocenters. The van der Waals surface area contributed by atoms with Crippen LogP contribution in [0.4, 0.5) is 0 Å². The standard InChI is InChI=1S/C13H26N2O2/c1-4-11(9-13(16)17)14(3)10-12-7-6-8-15(12)5-2/h11-12H,4-10H2,1-3H3,(H,16,17). The second-order valence-corrected chi connectivity index (χ2v) is 5.02. The number of carboxylic acids is 1. The molecule has 0 aliphatic carbocycles. The Balaban J connectivity index is 2.45. The zero-order chi connectivity index (χ0) is 12.8. The molecule has 1 rings (SSSR count). The zero-order valence-corrected chi connectivity index (χ0v) is 11.4. The third kappa shape index (κ3) is 4.28. The Bertz CT molecular complexity index is 246. The van der Waals surface area contributed by atoms with Gasteiger partial charge in [0.05, 0.1) is 6.42 Å². The van der Waals surface area contributed by atoms with Crippen molar-refractivity contribution in [1.29, 1.82) is 0 Å². The maximum atomic E-state index is 10.8. The van der Waals surface area contributed by atoms with Crippen LogP contribution in [0.3, 0.4) is 0 Å². The third-order valence-electron chi connectivity index (χ3n) is 3.91. The van der Waals surface area contributed by atoms with Crippen molar-refractivity contribution in [1.82, 2.24) is 9.80 Å². The largest absolute Gasteiger partial charge is 0.481 e. The van der Waals surface area contributed by atoms with Gasteiger partial charge in [-0.1, -0.05) is 13.8 Å². The van der Waals surface area contributed by atoms with E-state index in [1.165, 1.54) is 19.4 Å². The first-order chi connectivity index (χ1) is 8.08. The van der Waals surface area contributed by atoms with Gasteiger partial charge in [-0.15, -0.1) is 0 Å². The minimum atomic E-state index is -0.692. The van der Waals surface area contributed by atoms with Gasteiger partial charge in [-0.2, -0.15) is 0 Å². The van der Waals surface area contributed by atoms with Crippen LogP contribution in [0.15, 0.2) is 0 Å². The fraction of sp³-hybridized carbons (Fsp3) is 0.923. The molecule has 4 heteroatoms. The predicted octanol–water partition coefficient (Wildman–Crippen LogP) is 1.66. The molecular formula is C13H26N2O2. The van der Waals surface area contributed by atoms with Crippen LogP contribution >= 0.6 is 0 Å². The number of carbonyl (C=O) groups is 1. The van der Waals surface area contributed by atoms with Crippen molar-refractivity contribution in [3.63, 3.8) is 0 Å². The summed E-state index contributed by atoms with van der Waals surface area (Å²) in [6.07, 6.45) is 3.69. The molecule has 0 aromatic heterocycles. The molecule has 0 spiro atoms. The Hall–Kier alpha value is -0.610. The van der Waals surface area contributed by atoms with E-state index in [4.69, 9.17) is 5.11 Å². The van der Waals surface area contributed by atoms with Gasteiger partial charge < -0.3 is 10.0 Å². The number of hydrogen-bond donors (Lipinski definition) is 1. The molecule has 1 aliphatic rings. The van der Waals surface area contributed by atoms with E-state index in [0.29, 0.717) is 6.04 Å². The molecule has 100 valence electrons. The van der Waals surface area contributed by atoms with Gasteiger partial charge >= 0.3 is 5.97 Å². The number of nitrogens with zero attached hydrogens (tertiary/aromatic N) is 2. The van der Waals surface area contributed by atoms with Crippen molar-refractivity contribution in [3.8, 4) is 0 Å². The molecular weight excluding hydrogens is 216 g/mol. The Morgan fingerprint density at radius 3 is 2.76 bits per heavy atom. The quantitative estimate of drug-likeness (QED) is 0.737. The maximum absolute atomic E-state index is 10.8. The van der Waals surface area contributed by atoms with Crippen LogP contribution in [0.1, 0.15) is 39.5 Å². The number of likely N-dealkylation sites (N-methyl/N-ethyl adjacent to an activating group) is 2. The van der Waals surface area contributed by atoms with E-state index in [1.54, 1.807) is 0 Å². The summed E-state index contributed by atoms with van der Waals surface area (Å²) in [5.41, 5.74) is 0. The lowest BCUT2D eigenvalue weighted by molar-refractivity contribution is -0.138. The lowest BCUT2D eigenvalue weighted by atomic mass is 10.1. The second-order valence-electron chi connectivity index (χ2n) is 5.02. The number of hydrogen-bond acceptors (Lipinski definition) is 3. The van der Waals surface area contributed by atoms with Crippen molar-refractivity contribution in [3.05, 3.63) is 0 Å². The van der Waals surface area contributed by atoms with Crippen LogP contribution in [0, 0.1) is 0 Å². The summed E-state index contributed by atoms with van der Waals surface area (Å²) in [5.74, 6) is -0.692. The minimum Gasteiger partial charge on any atom is -0.481 e. The van der Waals surface area contributed by atoms with Gasteiger partial charge in [0.15, 0.2) is 0 Å². The molecule has 1 aliphatic heterocycles. The van der Waals surface area contributed by atoms with Crippen molar-refractivity contribution < 1.29 is 9.90 Å². The van der Waals surface area contributed by atoms with Gasteiger partial charge in [0.2, 0.25) is 0 Å². The molecule has 0 amide bonds. The molecule has 0 bridgehead atoms. The van der Waals surface area contributed by atoms with Crippen LogP contribution < -0.4 is 0 Å². The third-order valence-corrected chi connectivity index (χ3v) is 3.91. The topological polar surface area (TPSA) is 43.8 Å². The molecule has 1 N–H and O–H groups in total. The number of rotatable bonds is 7. The summed E-state index contributed by atoms with van der Waals surface area (Å²) in [7, 11) is 2.06. The van der Waals surface area contributed by atoms with E-state index in [9.17, 15) is 4.79 Å². The van der Waals surface area contributed by atoms with Gasteiger partial charge in [0, 0.05) is 18.6 Å². The smallest absolute Gasteiger partial charge is 0.304 e. The lowest BCUT2D eigenvalue weighted by Crippen LogP contribution is -2.43. The Labute approximate surface area is 105 Å². The van der Waals surface area contributed by atoms with Crippen LogP contribution in [0.25, 0.3) is 0 Å². The molecule has 4 nitrogen and oxygen atoms in total. The Kier molecular flexibility index (Phi) is 5.92. The van der Waals surface area contributed by atoms with E-state index in [2.05, 4.69) is 30.7 Å². The summed E-state index contributed by atoms with van der Waals surface area (Å²) in [6.45, 7) is 7.57. The van der Waals surface area contributed by atoms with Crippen LogP contribution in [-0.4, -0.2) is 59.6 Å². The molecule has 0 saturated carbocycles. The van der Waals surface area contributed by atoms with Gasteiger partial charge in [-0.3, -0.25) is 9.69 Å². The number of aliphatic carboxylic acids is 1. The summed E-state index contributed by atoms with van der Waals surface area (Å²) in [6, 6.07) is 0.791. The number of carboxylic acid groups (broad SMARTS) is 1. The fourth-order valence-electron chi connectivity index (χ4n) is 2.81. The Morgan fingerprint density at radius 1 is 1.53 bits per heavy atom. The van der Waals surface area contributed by atoms with Gasteiger partial charge in [0.25, 0.3) is 0 Å². The minimum absolute atomic E-state index is 0.173. The molecule has 17 heavy (non-hydrogen) atoms. The SMILES string of the molecule is CCC(CC(=O)O)N(C)CC1CCCN1CC. The van der Waals surface area contributed by atoms with Gasteiger partial charge in [0.1, 0.15) is 0 Å². The molecule has 0 aromatic rings. The van der Waals surface area contributed by atoms with Crippen molar-refractivity contribution in [2.45, 2.75) is 51.6 Å². The Morgan fingerprint density at radius 2 is 2.24 bits per heavy atom. The van der Waals surface area contributed by atoms with E-state index < -0.39 is 5.97 Å². The highest BCUT2D eigenvalue weighted by atomic mass is 16.4. The highest BCUT2D eigenvalue weighted by Crippen LogP contribution is 2.19. The van der Waals surface area contributed by atoms with E-state index in [1.807, 2.05) is 0 Å². The molecule has 2 atom stereocenters.